The van der Waals surface area contributed by atoms with Gasteiger partial charge in [-0.25, -0.2) is 0 Å². The molecule has 3 rings (SSSR count). The van der Waals surface area contributed by atoms with Gasteiger partial charge in [-0.3, -0.25) is 9.89 Å². The fourth-order valence-electron chi connectivity index (χ4n) is 2.54. The van der Waals surface area contributed by atoms with Crippen LogP contribution in [-0.2, 0) is 0 Å². The number of nitrogens with one attached hydrogen (secondary N) is 2. The minimum atomic E-state index is -0.280. The Bertz CT molecular complexity index is 843. The van der Waals surface area contributed by atoms with E-state index in [2.05, 4.69) is 20.7 Å². The molecule has 118 valence electrons. The van der Waals surface area contributed by atoms with Crippen molar-refractivity contribution >= 4 is 5.91 Å². The van der Waals surface area contributed by atoms with Crippen LogP contribution in [0.15, 0.2) is 28.8 Å². The van der Waals surface area contributed by atoms with E-state index in [0.717, 1.165) is 11.1 Å². The maximum atomic E-state index is 12.2. The molecule has 2 aromatic heterocycles. The number of hydrogen-bond acceptors (Lipinski definition) is 5. The van der Waals surface area contributed by atoms with E-state index < -0.39 is 0 Å². The van der Waals surface area contributed by atoms with Gasteiger partial charge in [-0.05, 0) is 38.1 Å². The first-order chi connectivity index (χ1) is 11.0. The van der Waals surface area contributed by atoms with Crippen LogP contribution in [0.1, 0.15) is 21.9 Å². The molecule has 0 aliphatic rings. The molecule has 7 nitrogen and oxygen atoms in total. The average Bonchev–Trinajstić information content (AvgIpc) is 3.11. The monoisotopic (exact) mass is 312 g/mol. The van der Waals surface area contributed by atoms with Gasteiger partial charge in [0.2, 0.25) is 0 Å². The molecule has 0 bridgehead atoms. The Morgan fingerprint density at radius 3 is 2.48 bits per heavy atom. The minimum Gasteiger partial charge on any atom is -0.508 e. The van der Waals surface area contributed by atoms with Crippen LogP contribution < -0.4 is 5.32 Å². The Kier molecular flexibility index (Phi) is 3.61. The van der Waals surface area contributed by atoms with Crippen molar-refractivity contribution in [3.05, 3.63) is 41.4 Å². The fourth-order valence-corrected chi connectivity index (χ4v) is 2.54. The van der Waals surface area contributed by atoms with Gasteiger partial charge in [0.25, 0.3) is 5.91 Å². The zero-order chi connectivity index (χ0) is 16.6. The van der Waals surface area contributed by atoms with Crippen molar-refractivity contribution in [2.45, 2.75) is 13.8 Å². The van der Waals surface area contributed by atoms with Crippen molar-refractivity contribution in [2.75, 3.05) is 7.05 Å². The Labute approximate surface area is 132 Å². The molecule has 1 aromatic carbocycles. The van der Waals surface area contributed by atoms with Gasteiger partial charge in [0, 0.05) is 18.2 Å². The fraction of sp³-hybridized carbons (Fsp3) is 0.188. The van der Waals surface area contributed by atoms with Crippen LogP contribution in [0.5, 0.6) is 5.75 Å². The summed E-state index contributed by atoms with van der Waals surface area (Å²) in [4.78, 5) is 12.2. The highest BCUT2D eigenvalue weighted by atomic mass is 16.5. The van der Waals surface area contributed by atoms with Crippen LogP contribution >= 0.6 is 0 Å². The maximum absolute atomic E-state index is 12.2. The number of amides is 1. The molecule has 0 aliphatic heterocycles. The molecular weight excluding hydrogens is 296 g/mol. The summed E-state index contributed by atoms with van der Waals surface area (Å²) in [6.45, 7) is 3.60. The predicted octanol–water partition coefficient (Wildman–Crippen LogP) is 2.41. The van der Waals surface area contributed by atoms with Gasteiger partial charge in [0.05, 0.1) is 11.3 Å². The normalized spacial score (nSPS) is 10.7. The van der Waals surface area contributed by atoms with Crippen molar-refractivity contribution in [3.8, 4) is 28.1 Å². The number of phenols is 1. The first-order valence-electron chi connectivity index (χ1n) is 7.06. The van der Waals surface area contributed by atoms with Gasteiger partial charge < -0.3 is 14.9 Å². The Balaban J connectivity index is 2.28. The molecule has 0 atom stereocenters. The second-order valence-electron chi connectivity index (χ2n) is 5.15. The summed E-state index contributed by atoms with van der Waals surface area (Å²) in [5, 5.41) is 23.1. The van der Waals surface area contributed by atoms with E-state index in [0.29, 0.717) is 28.4 Å². The lowest BCUT2D eigenvalue weighted by Gasteiger charge is -2.05. The Hall–Kier alpha value is -3.09. The lowest BCUT2D eigenvalue weighted by atomic mass is 9.97. The summed E-state index contributed by atoms with van der Waals surface area (Å²) in [5.74, 6) is 0.487. The number of hydrogen-bond donors (Lipinski definition) is 3. The highest BCUT2D eigenvalue weighted by molar-refractivity contribution is 6.03. The van der Waals surface area contributed by atoms with Crippen molar-refractivity contribution in [1.29, 1.82) is 0 Å². The largest absolute Gasteiger partial charge is 0.508 e. The third-order valence-electron chi connectivity index (χ3n) is 3.64. The number of aromatic nitrogens is 3. The number of aryl methyl sites for hydroxylation is 2. The summed E-state index contributed by atoms with van der Waals surface area (Å²) in [6.07, 6.45) is 0. The molecule has 0 aliphatic carbocycles. The molecule has 0 fully saturated rings. The van der Waals surface area contributed by atoms with Gasteiger partial charge >= 0.3 is 0 Å². The topological polar surface area (TPSA) is 104 Å². The second-order valence-corrected chi connectivity index (χ2v) is 5.15. The number of carbonyl (C=O) groups excluding carboxylic acids is 1. The predicted molar refractivity (Wildman–Crippen MR) is 84.0 cm³/mol. The van der Waals surface area contributed by atoms with E-state index in [-0.39, 0.29) is 11.7 Å². The van der Waals surface area contributed by atoms with E-state index in [9.17, 15) is 9.90 Å². The van der Waals surface area contributed by atoms with Gasteiger partial charge in [0.15, 0.2) is 0 Å². The summed E-state index contributed by atoms with van der Waals surface area (Å²) >= 11 is 0. The van der Waals surface area contributed by atoms with Crippen LogP contribution in [0, 0.1) is 13.8 Å². The third-order valence-corrected chi connectivity index (χ3v) is 3.64. The number of H-pyrrole nitrogens is 1. The number of nitrogens with zero attached hydrogens (tertiary/aromatic N) is 2. The van der Waals surface area contributed by atoms with Crippen molar-refractivity contribution < 1.29 is 14.4 Å². The van der Waals surface area contributed by atoms with Crippen molar-refractivity contribution in [1.82, 2.24) is 20.7 Å². The van der Waals surface area contributed by atoms with Gasteiger partial charge in [-0.1, -0.05) is 5.16 Å². The van der Waals surface area contributed by atoms with E-state index >= 15 is 0 Å². The van der Waals surface area contributed by atoms with E-state index in [4.69, 9.17) is 4.52 Å². The smallest absolute Gasteiger partial charge is 0.269 e. The summed E-state index contributed by atoms with van der Waals surface area (Å²) in [5.41, 5.74) is 3.74. The van der Waals surface area contributed by atoms with Crippen LogP contribution in [0.25, 0.3) is 22.4 Å². The maximum Gasteiger partial charge on any atom is 0.269 e. The lowest BCUT2D eigenvalue weighted by molar-refractivity contribution is 0.0959. The van der Waals surface area contributed by atoms with E-state index in [1.54, 1.807) is 38.2 Å². The lowest BCUT2D eigenvalue weighted by Crippen LogP contribution is -2.19. The molecule has 0 unspecified atom stereocenters. The molecule has 0 saturated carbocycles. The van der Waals surface area contributed by atoms with Gasteiger partial charge in [-0.15, -0.1) is 0 Å². The zero-order valence-corrected chi connectivity index (χ0v) is 13.0. The molecule has 0 saturated heterocycles. The molecule has 0 radical (unpaired) electrons. The standard InChI is InChI=1S/C16H16N4O3/c1-8-12(9(2)23-20-8)13-14(10-4-6-11(21)7-5-10)18-19-15(13)16(22)17-3/h4-7,21H,1-3H3,(H,17,22)(H,18,19). The molecule has 1 amide bonds. The van der Waals surface area contributed by atoms with E-state index in [1.165, 1.54) is 0 Å². The zero-order valence-electron chi connectivity index (χ0n) is 13.0. The summed E-state index contributed by atoms with van der Waals surface area (Å²) < 4.78 is 5.23. The number of benzene rings is 1. The number of phenolic OH excluding ortho intramolecular Hbond substituents is 1. The number of aromatic amines is 1. The quantitative estimate of drug-likeness (QED) is 0.689. The van der Waals surface area contributed by atoms with Crippen molar-refractivity contribution in [2.24, 2.45) is 0 Å². The number of rotatable bonds is 3. The molecule has 3 aromatic rings. The van der Waals surface area contributed by atoms with Crippen molar-refractivity contribution in [3.63, 3.8) is 0 Å². The number of aromatic hydroxyl groups is 1. The molecular formula is C16H16N4O3. The average molecular weight is 312 g/mol. The Morgan fingerprint density at radius 1 is 1.22 bits per heavy atom. The number of carbonyl (C=O) groups is 1. The molecule has 23 heavy (non-hydrogen) atoms. The van der Waals surface area contributed by atoms with Crippen LogP contribution in [0.4, 0.5) is 0 Å². The highest BCUT2D eigenvalue weighted by Crippen LogP contribution is 2.37. The molecule has 7 heteroatoms. The van der Waals surface area contributed by atoms with Gasteiger partial charge in [-0.2, -0.15) is 5.10 Å². The first kappa shape index (κ1) is 14.8. The highest BCUT2D eigenvalue weighted by Gasteiger charge is 2.25. The second kappa shape index (κ2) is 5.60. The van der Waals surface area contributed by atoms with Crippen LogP contribution in [0.2, 0.25) is 0 Å². The third kappa shape index (κ3) is 2.46. The summed E-state index contributed by atoms with van der Waals surface area (Å²) in [6, 6.07) is 6.61. The van der Waals surface area contributed by atoms with E-state index in [1.807, 2.05) is 6.92 Å². The Morgan fingerprint density at radius 2 is 1.91 bits per heavy atom. The molecule has 0 spiro atoms. The minimum absolute atomic E-state index is 0.162. The summed E-state index contributed by atoms with van der Waals surface area (Å²) in [7, 11) is 1.56. The SMILES string of the molecule is CNC(=O)c1[nH]nc(-c2ccc(O)cc2)c1-c1c(C)noc1C. The first-order valence-corrected chi connectivity index (χ1v) is 7.06. The molecule has 2 heterocycles. The van der Waals surface area contributed by atoms with Crippen LogP contribution in [0.3, 0.4) is 0 Å². The van der Waals surface area contributed by atoms with Gasteiger partial charge in [0.1, 0.15) is 22.9 Å². The molecule has 3 N–H and O–H groups in total. The van der Waals surface area contributed by atoms with Crippen LogP contribution in [-0.4, -0.2) is 33.4 Å².